The number of carbonyl (C=O) groups is 1. The Labute approximate surface area is 174 Å². The van der Waals surface area contributed by atoms with E-state index in [0.717, 1.165) is 37.1 Å². The van der Waals surface area contributed by atoms with Crippen LogP contribution in [0.1, 0.15) is 39.9 Å². The highest BCUT2D eigenvalue weighted by molar-refractivity contribution is 5.95. The van der Waals surface area contributed by atoms with Crippen molar-refractivity contribution in [2.24, 2.45) is 0 Å². The third-order valence-corrected chi connectivity index (χ3v) is 5.69. The average Bonchev–Trinajstić information content (AvgIpc) is 2.75. The maximum Gasteiger partial charge on any atom is 0.270 e. The van der Waals surface area contributed by atoms with Crippen LogP contribution >= 0.6 is 0 Å². The Morgan fingerprint density at radius 1 is 1.27 bits per heavy atom. The number of ether oxygens (including phenoxy) is 2. The monoisotopic (exact) mass is 411 g/mol. The number of carbonyl (C=O) groups excluding carboxylic acids is 1. The van der Waals surface area contributed by atoms with Gasteiger partial charge in [-0.25, -0.2) is 0 Å². The molecule has 0 unspecified atom stereocenters. The fourth-order valence-electron chi connectivity index (χ4n) is 4.07. The molecule has 0 radical (unpaired) electrons. The van der Waals surface area contributed by atoms with Gasteiger partial charge in [-0.3, -0.25) is 19.8 Å². The zero-order chi connectivity index (χ0) is 21.1. The Kier molecular flexibility index (Phi) is 5.96. The predicted octanol–water partition coefficient (Wildman–Crippen LogP) is 3.16. The van der Waals surface area contributed by atoms with Crippen LogP contribution in [0.25, 0.3) is 0 Å². The van der Waals surface area contributed by atoms with Crippen molar-refractivity contribution in [2.45, 2.75) is 39.0 Å². The van der Waals surface area contributed by atoms with Gasteiger partial charge in [0.15, 0.2) is 6.79 Å². The highest BCUT2D eigenvalue weighted by Crippen LogP contribution is 2.33. The number of nitro benzene ring substituents is 1. The van der Waals surface area contributed by atoms with Gasteiger partial charge in [0.1, 0.15) is 5.75 Å². The van der Waals surface area contributed by atoms with E-state index in [2.05, 4.69) is 10.2 Å². The molecule has 1 saturated heterocycles. The number of nitrogens with one attached hydrogen (secondary N) is 1. The summed E-state index contributed by atoms with van der Waals surface area (Å²) in [6.45, 7) is 4.58. The summed E-state index contributed by atoms with van der Waals surface area (Å²) in [6, 6.07) is 10.8. The fourth-order valence-corrected chi connectivity index (χ4v) is 4.07. The van der Waals surface area contributed by atoms with Gasteiger partial charge in [-0.15, -0.1) is 0 Å². The molecule has 2 heterocycles. The lowest BCUT2D eigenvalue weighted by atomic mass is 10.0. The lowest BCUT2D eigenvalue weighted by molar-refractivity contribution is -0.385. The van der Waals surface area contributed by atoms with Gasteiger partial charge >= 0.3 is 0 Å². The molecule has 0 spiro atoms. The van der Waals surface area contributed by atoms with Crippen molar-refractivity contribution < 1.29 is 19.2 Å². The number of amides is 1. The minimum Gasteiger partial charge on any atom is -0.467 e. The van der Waals surface area contributed by atoms with Crippen molar-refractivity contribution in [2.75, 3.05) is 19.9 Å². The summed E-state index contributed by atoms with van der Waals surface area (Å²) in [5.74, 6) is 0.662. The van der Waals surface area contributed by atoms with Crippen molar-refractivity contribution in [1.82, 2.24) is 10.2 Å². The number of fused-ring (bicyclic) bond motifs is 1. The van der Waals surface area contributed by atoms with Gasteiger partial charge in [-0.2, -0.15) is 0 Å². The smallest absolute Gasteiger partial charge is 0.270 e. The van der Waals surface area contributed by atoms with Crippen LogP contribution in [0.3, 0.4) is 0 Å². The first-order chi connectivity index (χ1) is 14.5. The van der Waals surface area contributed by atoms with Gasteiger partial charge in [0.2, 0.25) is 0 Å². The normalized spacial score (nSPS) is 17.1. The number of piperidine rings is 1. The Morgan fingerprint density at radius 2 is 2.03 bits per heavy atom. The summed E-state index contributed by atoms with van der Waals surface area (Å²) < 4.78 is 10.9. The van der Waals surface area contributed by atoms with Crippen LogP contribution in [0.5, 0.6) is 5.75 Å². The number of aryl methyl sites for hydroxylation is 1. The predicted molar refractivity (Wildman–Crippen MR) is 110 cm³/mol. The van der Waals surface area contributed by atoms with E-state index in [0.29, 0.717) is 30.0 Å². The molecule has 4 rings (SSSR count). The summed E-state index contributed by atoms with van der Waals surface area (Å²) in [6.07, 6.45) is 1.66. The van der Waals surface area contributed by atoms with Crippen LogP contribution in [0.2, 0.25) is 0 Å². The number of rotatable bonds is 5. The summed E-state index contributed by atoms with van der Waals surface area (Å²) >= 11 is 0. The molecule has 0 aliphatic carbocycles. The van der Waals surface area contributed by atoms with Gasteiger partial charge in [0, 0.05) is 54.5 Å². The van der Waals surface area contributed by atoms with Gasteiger partial charge in [-0.05, 0) is 31.4 Å². The van der Waals surface area contributed by atoms with E-state index in [4.69, 9.17) is 9.47 Å². The van der Waals surface area contributed by atoms with E-state index in [1.807, 2.05) is 31.2 Å². The molecule has 2 aromatic rings. The second-order valence-electron chi connectivity index (χ2n) is 7.80. The minimum atomic E-state index is -0.383. The number of likely N-dealkylation sites (tertiary alicyclic amines) is 1. The lowest BCUT2D eigenvalue weighted by Gasteiger charge is -2.33. The van der Waals surface area contributed by atoms with E-state index in [1.165, 1.54) is 6.07 Å². The van der Waals surface area contributed by atoms with Crippen molar-refractivity contribution in [1.29, 1.82) is 0 Å². The summed E-state index contributed by atoms with van der Waals surface area (Å²) in [5.41, 5.74) is 3.25. The van der Waals surface area contributed by atoms with E-state index in [-0.39, 0.29) is 29.4 Å². The number of hydrogen-bond donors (Lipinski definition) is 1. The van der Waals surface area contributed by atoms with Gasteiger partial charge in [0.25, 0.3) is 11.6 Å². The first-order valence-corrected chi connectivity index (χ1v) is 10.1. The summed E-state index contributed by atoms with van der Waals surface area (Å²) in [5, 5.41) is 14.4. The summed E-state index contributed by atoms with van der Waals surface area (Å²) in [4.78, 5) is 25.7. The molecule has 2 aliphatic heterocycles. The molecule has 0 bridgehead atoms. The highest BCUT2D eigenvalue weighted by atomic mass is 16.7. The molecule has 158 valence electrons. The Hall–Kier alpha value is -2.97. The molecule has 0 atom stereocenters. The molecular weight excluding hydrogens is 386 g/mol. The number of nitro groups is 1. The minimum absolute atomic E-state index is 0.0345. The number of non-ortho nitro benzene ring substituents is 1. The van der Waals surface area contributed by atoms with E-state index in [1.54, 1.807) is 6.07 Å². The van der Waals surface area contributed by atoms with Crippen molar-refractivity contribution >= 4 is 11.6 Å². The third-order valence-electron chi connectivity index (χ3n) is 5.69. The van der Waals surface area contributed by atoms with E-state index >= 15 is 0 Å². The van der Waals surface area contributed by atoms with E-state index in [9.17, 15) is 14.9 Å². The molecule has 0 aromatic heterocycles. The molecule has 1 amide bonds. The van der Waals surface area contributed by atoms with Crippen LogP contribution in [-0.2, 0) is 17.9 Å². The molecular formula is C22H25N3O5. The molecule has 30 heavy (non-hydrogen) atoms. The van der Waals surface area contributed by atoms with Crippen LogP contribution < -0.4 is 10.1 Å². The van der Waals surface area contributed by atoms with Crippen LogP contribution in [0.15, 0.2) is 36.4 Å². The average molecular weight is 411 g/mol. The van der Waals surface area contributed by atoms with Gasteiger partial charge in [0.05, 0.1) is 11.5 Å². The Balaban J connectivity index is 1.38. The standard InChI is InChI=1S/C22H25N3O5/c1-15-4-2-3-5-20(15)22(26)23-18-6-8-24(9-7-18)12-16-10-19(25(27)28)11-17-13-29-14-30-21(16)17/h2-5,10-11,18H,6-9,12-14H2,1H3,(H,23,26). The van der Waals surface area contributed by atoms with E-state index < -0.39 is 0 Å². The fraction of sp³-hybridized carbons (Fsp3) is 0.409. The van der Waals surface area contributed by atoms with Crippen LogP contribution in [0.4, 0.5) is 5.69 Å². The molecule has 2 aliphatic rings. The Bertz CT molecular complexity index is 954. The van der Waals surface area contributed by atoms with Crippen molar-refractivity contribution in [3.05, 3.63) is 68.8 Å². The number of hydrogen-bond acceptors (Lipinski definition) is 6. The SMILES string of the molecule is Cc1ccccc1C(=O)NC1CCN(Cc2cc([N+](=O)[O-])cc3c2OCOC3)CC1. The second kappa shape index (κ2) is 8.81. The molecule has 0 saturated carbocycles. The second-order valence-corrected chi connectivity index (χ2v) is 7.80. The third kappa shape index (κ3) is 4.44. The van der Waals surface area contributed by atoms with Gasteiger partial charge < -0.3 is 14.8 Å². The van der Waals surface area contributed by atoms with Crippen LogP contribution in [0, 0.1) is 17.0 Å². The molecule has 1 fully saturated rings. The molecule has 8 heteroatoms. The molecule has 1 N–H and O–H groups in total. The maximum absolute atomic E-state index is 12.6. The lowest BCUT2D eigenvalue weighted by Crippen LogP contribution is -2.44. The molecule has 2 aromatic carbocycles. The summed E-state index contributed by atoms with van der Waals surface area (Å²) in [7, 11) is 0. The zero-order valence-corrected chi connectivity index (χ0v) is 16.9. The first-order valence-electron chi connectivity index (χ1n) is 10.1. The van der Waals surface area contributed by atoms with Gasteiger partial charge in [-0.1, -0.05) is 18.2 Å². The molecule has 8 nitrogen and oxygen atoms in total. The van der Waals surface area contributed by atoms with Crippen LogP contribution in [-0.4, -0.2) is 41.7 Å². The zero-order valence-electron chi connectivity index (χ0n) is 16.9. The number of benzene rings is 2. The topological polar surface area (TPSA) is 93.9 Å². The number of nitrogens with zero attached hydrogens (tertiary/aromatic N) is 2. The quantitative estimate of drug-likeness (QED) is 0.600. The first kappa shape index (κ1) is 20.3. The highest BCUT2D eigenvalue weighted by Gasteiger charge is 2.25. The van der Waals surface area contributed by atoms with Crippen molar-refractivity contribution in [3.8, 4) is 5.75 Å². The van der Waals surface area contributed by atoms with Crippen molar-refractivity contribution in [3.63, 3.8) is 0 Å². The maximum atomic E-state index is 12.6. The Morgan fingerprint density at radius 3 is 2.77 bits per heavy atom. The largest absolute Gasteiger partial charge is 0.467 e.